The number of hydrogen-bond donors (Lipinski definition) is 1. The van der Waals surface area contributed by atoms with Crippen molar-refractivity contribution >= 4 is 0 Å². The summed E-state index contributed by atoms with van der Waals surface area (Å²) in [5.41, 5.74) is 0.881. The highest BCUT2D eigenvalue weighted by molar-refractivity contribution is 5.28. The van der Waals surface area contributed by atoms with Crippen LogP contribution in [-0.2, 0) is 11.3 Å². The van der Waals surface area contributed by atoms with Crippen LogP contribution in [-0.4, -0.2) is 36.1 Å². The minimum absolute atomic E-state index is 0.0709. The Balaban J connectivity index is 2.90. The molecule has 1 unspecified atom stereocenters. The lowest BCUT2D eigenvalue weighted by Gasteiger charge is -2.25. The van der Waals surface area contributed by atoms with Gasteiger partial charge in [0.15, 0.2) is 5.75 Å². The van der Waals surface area contributed by atoms with Crippen LogP contribution in [0.5, 0.6) is 5.75 Å². The second-order valence-electron chi connectivity index (χ2n) is 5.18. The van der Waals surface area contributed by atoms with Gasteiger partial charge in [-0.1, -0.05) is 0 Å². The lowest BCUT2D eigenvalue weighted by Crippen LogP contribution is -2.30. The number of hydrogen-bond acceptors (Lipinski definition) is 4. The Labute approximate surface area is 109 Å². The lowest BCUT2D eigenvalue weighted by molar-refractivity contribution is -0.0151. The quantitative estimate of drug-likeness (QED) is 0.844. The second-order valence-corrected chi connectivity index (χ2v) is 5.18. The summed E-state index contributed by atoms with van der Waals surface area (Å²) in [5.74, 6) is 0.800. The highest BCUT2D eigenvalue weighted by Gasteiger charge is 2.22. The van der Waals surface area contributed by atoms with E-state index < -0.39 is 0 Å². The molecule has 1 atom stereocenters. The first-order valence-corrected chi connectivity index (χ1v) is 6.33. The number of aromatic nitrogens is 2. The molecule has 1 aromatic rings. The van der Waals surface area contributed by atoms with Gasteiger partial charge in [0.25, 0.3) is 0 Å². The van der Waals surface area contributed by atoms with Crippen molar-refractivity contribution in [3.63, 3.8) is 0 Å². The highest BCUT2D eigenvalue weighted by Crippen LogP contribution is 2.26. The Morgan fingerprint density at radius 2 is 2.11 bits per heavy atom. The molecule has 0 saturated carbocycles. The van der Waals surface area contributed by atoms with E-state index in [9.17, 15) is 0 Å². The van der Waals surface area contributed by atoms with Crippen LogP contribution < -0.4 is 10.1 Å². The van der Waals surface area contributed by atoms with Crippen LogP contribution in [0.3, 0.4) is 0 Å². The normalized spacial score (nSPS) is 13.7. The maximum absolute atomic E-state index is 5.85. The number of ether oxygens (including phenoxy) is 2. The van der Waals surface area contributed by atoms with Crippen LogP contribution >= 0.6 is 0 Å². The first-order valence-electron chi connectivity index (χ1n) is 6.33. The largest absolute Gasteiger partial charge is 0.493 e. The summed E-state index contributed by atoms with van der Waals surface area (Å²) in [7, 11) is 3.58. The van der Waals surface area contributed by atoms with Crippen LogP contribution in [0, 0.1) is 0 Å². The van der Waals surface area contributed by atoms with Gasteiger partial charge < -0.3 is 14.8 Å². The van der Waals surface area contributed by atoms with E-state index in [1.54, 1.807) is 13.3 Å². The number of methoxy groups -OCH3 is 1. The van der Waals surface area contributed by atoms with Gasteiger partial charge >= 0.3 is 0 Å². The molecule has 0 aliphatic rings. The fraction of sp³-hybridized carbons (Fsp3) is 0.769. The van der Waals surface area contributed by atoms with E-state index in [-0.39, 0.29) is 11.6 Å². The number of rotatable bonds is 6. The van der Waals surface area contributed by atoms with Gasteiger partial charge in [-0.25, -0.2) is 0 Å². The van der Waals surface area contributed by atoms with Crippen molar-refractivity contribution in [1.29, 1.82) is 0 Å². The molecular formula is C13H25N3O2. The number of nitrogens with one attached hydrogen (secondary N) is 1. The summed E-state index contributed by atoms with van der Waals surface area (Å²) in [5, 5.41) is 7.58. The van der Waals surface area contributed by atoms with E-state index >= 15 is 0 Å². The van der Waals surface area contributed by atoms with Gasteiger partial charge in [0.1, 0.15) is 0 Å². The Kier molecular flexibility index (Phi) is 5.16. The molecule has 5 heteroatoms. The maximum atomic E-state index is 5.85. The summed E-state index contributed by atoms with van der Waals surface area (Å²) < 4.78 is 13.1. The van der Waals surface area contributed by atoms with E-state index in [0.717, 1.165) is 18.0 Å². The maximum Gasteiger partial charge on any atom is 0.161 e. The predicted molar refractivity (Wildman–Crippen MR) is 72.0 cm³/mol. The van der Waals surface area contributed by atoms with E-state index in [1.165, 1.54) is 0 Å². The van der Waals surface area contributed by atoms with Crippen LogP contribution in [0.15, 0.2) is 6.20 Å². The summed E-state index contributed by atoms with van der Waals surface area (Å²) >= 11 is 0. The average molecular weight is 255 g/mol. The van der Waals surface area contributed by atoms with Crippen molar-refractivity contribution in [3.8, 4) is 5.75 Å². The van der Waals surface area contributed by atoms with Crippen LogP contribution in [0.4, 0.5) is 0 Å². The summed E-state index contributed by atoms with van der Waals surface area (Å²) in [6, 6.07) is 0.0709. The Morgan fingerprint density at radius 3 is 2.56 bits per heavy atom. The minimum Gasteiger partial charge on any atom is -0.493 e. The van der Waals surface area contributed by atoms with Crippen LogP contribution in [0.1, 0.15) is 39.4 Å². The molecule has 0 amide bonds. The number of likely N-dealkylation sites (N-methyl/N-ethyl adjacent to an activating group) is 1. The SMILES string of the molecule is CCn1ncc(OC)c1C(COC(C)(C)C)NC. The molecule has 1 heterocycles. The number of aryl methyl sites for hydroxylation is 1. The van der Waals surface area contributed by atoms with E-state index in [2.05, 4.69) is 17.3 Å². The molecule has 0 radical (unpaired) electrons. The Hall–Kier alpha value is -1.07. The van der Waals surface area contributed by atoms with Gasteiger partial charge in [0.2, 0.25) is 0 Å². The van der Waals surface area contributed by atoms with Gasteiger partial charge in [-0.3, -0.25) is 4.68 Å². The monoisotopic (exact) mass is 255 g/mol. The smallest absolute Gasteiger partial charge is 0.161 e. The van der Waals surface area contributed by atoms with Gasteiger partial charge in [-0.2, -0.15) is 5.10 Å². The molecule has 0 aliphatic heterocycles. The highest BCUT2D eigenvalue weighted by atomic mass is 16.5. The van der Waals surface area contributed by atoms with Crippen molar-refractivity contribution in [2.45, 2.75) is 45.9 Å². The fourth-order valence-electron chi connectivity index (χ4n) is 1.77. The zero-order valence-corrected chi connectivity index (χ0v) is 12.3. The standard InChI is InChI=1S/C13H25N3O2/c1-7-16-12(11(17-6)8-15-16)10(14-5)9-18-13(2,3)4/h8,10,14H,7,9H2,1-6H3. The molecule has 5 nitrogen and oxygen atoms in total. The van der Waals surface area contributed by atoms with E-state index in [1.807, 2.05) is 32.5 Å². The molecule has 0 aliphatic carbocycles. The molecule has 0 spiro atoms. The Morgan fingerprint density at radius 1 is 1.44 bits per heavy atom. The van der Waals surface area contributed by atoms with Crippen molar-refractivity contribution in [2.24, 2.45) is 0 Å². The molecule has 104 valence electrons. The molecule has 0 saturated heterocycles. The predicted octanol–water partition coefficient (Wildman–Crippen LogP) is 1.99. The Bertz CT molecular complexity index is 347. The molecule has 18 heavy (non-hydrogen) atoms. The summed E-state index contributed by atoms with van der Waals surface area (Å²) in [6.07, 6.45) is 1.75. The van der Waals surface area contributed by atoms with Crippen LogP contribution in [0.2, 0.25) is 0 Å². The van der Waals surface area contributed by atoms with Crippen molar-refractivity contribution in [1.82, 2.24) is 15.1 Å². The first kappa shape index (κ1) is 15.0. The van der Waals surface area contributed by atoms with Gasteiger partial charge in [0, 0.05) is 6.54 Å². The van der Waals surface area contributed by atoms with Crippen molar-refractivity contribution in [3.05, 3.63) is 11.9 Å². The molecule has 1 N–H and O–H groups in total. The van der Waals surface area contributed by atoms with Gasteiger partial charge in [0.05, 0.1) is 37.3 Å². The fourth-order valence-corrected chi connectivity index (χ4v) is 1.77. The summed E-state index contributed by atoms with van der Waals surface area (Å²) in [4.78, 5) is 0. The summed E-state index contributed by atoms with van der Waals surface area (Å²) in [6.45, 7) is 9.61. The third-order valence-corrected chi connectivity index (χ3v) is 2.73. The minimum atomic E-state index is -0.153. The van der Waals surface area contributed by atoms with Crippen molar-refractivity contribution in [2.75, 3.05) is 20.8 Å². The molecule has 1 rings (SSSR count). The lowest BCUT2D eigenvalue weighted by atomic mass is 10.1. The molecule has 1 aromatic heterocycles. The number of nitrogens with zero attached hydrogens (tertiary/aromatic N) is 2. The molecule has 0 aromatic carbocycles. The van der Waals surface area contributed by atoms with Gasteiger partial charge in [-0.15, -0.1) is 0 Å². The average Bonchev–Trinajstić information content (AvgIpc) is 2.71. The van der Waals surface area contributed by atoms with E-state index in [4.69, 9.17) is 9.47 Å². The zero-order chi connectivity index (χ0) is 13.8. The third-order valence-electron chi connectivity index (χ3n) is 2.73. The first-order chi connectivity index (χ1) is 8.42. The van der Waals surface area contributed by atoms with E-state index in [0.29, 0.717) is 6.61 Å². The van der Waals surface area contributed by atoms with Crippen molar-refractivity contribution < 1.29 is 9.47 Å². The third kappa shape index (κ3) is 3.71. The van der Waals surface area contributed by atoms with Crippen LogP contribution in [0.25, 0.3) is 0 Å². The molecule has 0 fully saturated rings. The molecule has 0 bridgehead atoms. The zero-order valence-electron chi connectivity index (χ0n) is 12.3. The topological polar surface area (TPSA) is 48.3 Å². The molecular weight excluding hydrogens is 230 g/mol. The second kappa shape index (κ2) is 6.20. The van der Waals surface area contributed by atoms with Gasteiger partial charge in [-0.05, 0) is 34.7 Å².